The Kier molecular flexibility index (Phi) is 4.72. The molecule has 0 bridgehead atoms. The number of carbonyl (C=O) groups excluding carboxylic acids is 1. The molecule has 0 fully saturated rings. The summed E-state index contributed by atoms with van der Waals surface area (Å²) in [5.74, 6) is 0.351. The number of hydroxylamine groups is 1. The topological polar surface area (TPSA) is 68.2 Å². The standard InChI is InChI=1S/C17H17IN4O2/c1-10-9-11(18)6-7-13(10)20-16-14(17(23)21-24-3)12-5-4-8-19-15(12)22(16)2/h4-9,20H,1-3H3,(H,21,23). The lowest BCUT2D eigenvalue weighted by molar-refractivity contribution is 0.0540. The number of hydrogen-bond donors (Lipinski definition) is 2. The van der Waals surface area contributed by atoms with E-state index in [0.717, 1.165) is 25.9 Å². The number of carbonyl (C=O) groups is 1. The van der Waals surface area contributed by atoms with Crippen LogP contribution in [0.1, 0.15) is 15.9 Å². The van der Waals surface area contributed by atoms with Crippen LogP contribution >= 0.6 is 22.6 Å². The molecule has 1 aromatic carbocycles. The fourth-order valence-corrected chi connectivity index (χ4v) is 3.32. The molecule has 3 aromatic rings. The van der Waals surface area contributed by atoms with Gasteiger partial charge in [-0.15, -0.1) is 0 Å². The number of aryl methyl sites for hydroxylation is 2. The van der Waals surface area contributed by atoms with Crippen LogP contribution in [-0.2, 0) is 11.9 Å². The predicted molar refractivity (Wildman–Crippen MR) is 102 cm³/mol. The molecule has 6 nitrogen and oxygen atoms in total. The largest absolute Gasteiger partial charge is 0.341 e. The van der Waals surface area contributed by atoms with Crippen LogP contribution in [0.2, 0.25) is 0 Å². The molecule has 0 saturated carbocycles. The summed E-state index contributed by atoms with van der Waals surface area (Å²) in [6.45, 7) is 2.03. The fraction of sp³-hybridized carbons (Fsp3) is 0.176. The number of benzene rings is 1. The first-order valence-electron chi connectivity index (χ1n) is 7.33. The van der Waals surface area contributed by atoms with Crippen molar-refractivity contribution in [3.63, 3.8) is 0 Å². The highest BCUT2D eigenvalue weighted by atomic mass is 127. The van der Waals surface area contributed by atoms with Gasteiger partial charge in [0.1, 0.15) is 11.5 Å². The number of rotatable bonds is 4. The first kappa shape index (κ1) is 16.7. The van der Waals surface area contributed by atoms with E-state index in [2.05, 4.69) is 44.4 Å². The molecule has 0 unspecified atom stereocenters. The Bertz CT molecular complexity index is 920. The minimum absolute atomic E-state index is 0.318. The van der Waals surface area contributed by atoms with Crippen LogP contribution in [0.5, 0.6) is 0 Å². The third-order valence-electron chi connectivity index (χ3n) is 3.81. The molecule has 0 aliphatic heterocycles. The van der Waals surface area contributed by atoms with Gasteiger partial charge < -0.3 is 9.88 Å². The Morgan fingerprint density at radius 2 is 2.12 bits per heavy atom. The van der Waals surface area contributed by atoms with Crippen LogP contribution in [-0.4, -0.2) is 22.6 Å². The minimum Gasteiger partial charge on any atom is -0.341 e. The quantitative estimate of drug-likeness (QED) is 0.485. The predicted octanol–water partition coefficient (Wildman–Crippen LogP) is 3.52. The van der Waals surface area contributed by atoms with E-state index in [1.165, 1.54) is 7.11 Å². The van der Waals surface area contributed by atoms with Crippen molar-refractivity contribution in [2.24, 2.45) is 7.05 Å². The maximum Gasteiger partial charge on any atom is 0.279 e. The van der Waals surface area contributed by atoms with E-state index < -0.39 is 0 Å². The van der Waals surface area contributed by atoms with E-state index in [0.29, 0.717) is 11.4 Å². The number of anilines is 2. The summed E-state index contributed by atoms with van der Waals surface area (Å²) in [7, 11) is 3.29. The molecule has 0 atom stereocenters. The summed E-state index contributed by atoms with van der Waals surface area (Å²) in [5.41, 5.74) is 5.66. The van der Waals surface area contributed by atoms with Crippen LogP contribution in [0, 0.1) is 10.5 Å². The Morgan fingerprint density at radius 3 is 2.83 bits per heavy atom. The van der Waals surface area contributed by atoms with Crippen molar-refractivity contribution in [2.75, 3.05) is 12.4 Å². The first-order chi connectivity index (χ1) is 11.5. The monoisotopic (exact) mass is 436 g/mol. The maximum absolute atomic E-state index is 12.5. The molecule has 0 aliphatic carbocycles. The highest BCUT2D eigenvalue weighted by Crippen LogP contribution is 2.31. The molecular formula is C17H17IN4O2. The zero-order valence-electron chi connectivity index (χ0n) is 13.6. The van der Waals surface area contributed by atoms with Crippen LogP contribution in [0.25, 0.3) is 11.0 Å². The molecule has 24 heavy (non-hydrogen) atoms. The van der Waals surface area contributed by atoms with Gasteiger partial charge in [0.25, 0.3) is 5.91 Å². The van der Waals surface area contributed by atoms with Crippen molar-refractivity contribution in [2.45, 2.75) is 6.92 Å². The van der Waals surface area contributed by atoms with Gasteiger partial charge in [0, 0.05) is 27.9 Å². The van der Waals surface area contributed by atoms with Crippen LogP contribution in [0.3, 0.4) is 0 Å². The van der Waals surface area contributed by atoms with E-state index in [1.54, 1.807) is 6.20 Å². The van der Waals surface area contributed by atoms with E-state index in [-0.39, 0.29) is 5.91 Å². The third kappa shape index (κ3) is 2.96. The molecule has 2 aromatic heterocycles. The summed E-state index contributed by atoms with van der Waals surface area (Å²) in [6.07, 6.45) is 1.71. The number of halogens is 1. The number of aromatic nitrogens is 2. The van der Waals surface area contributed by atoms with Crippen LogP contribution in [0.15, 0.2) is 36.5 Å². The lowest BCUT2D eigenvalue weighted by Crippen LogP contribution is -2.22. The molecule has 2 heterocycles. The number of nitrogens with zero attached hydrogens (tertiary/aromatic N) is 2. The number of nitrogens with one attached hydrogen (secondary N) is 2. The molecule has 0 aliphatic rings. The van der Waals surface area contributed by atoms with Crippen molar-refractivity contribution < 1.29 is 9.63 Å². The Morgan fingerprint density at radius 1 is 1.33 bits per heavy atom. The Balaban J connectivity index is 2.17. The molecule has 124 valence electrons. The molecule has 0 spiro atoms. The second-order valence-corrected chi connectivity index (χ2v) is 6.62. The van der Waals surface area contributed by atoms with Crippen LogP contribution in [0.4, 0.5) is 11.5 Å². The van der Waals surface area contributed by atoms with E-state index in [9.17, 15) is 4.79 Å². The second-order valence-electron chi connectivity index (χ2n) is 5.38. The molecule has 7 heteroatoms. The second kappa shape index (κ2) is 6.78. The van der Waals surface area contributed by atoms with Crippen molar-refractivity contribution >= 4 is 51.0 Å². The molecule has 0 saturated heterocycles. The van der Waals surface area contributed by atoms with Gasteiger partial charge in [-0.3, -0.25) is 9.63 Å². The average Bonchev–Trinajstić information content (AvgIpc) is 2.83. The van der Waals surface area contributed by atoms with Crippen molar-refractivity contribution in [1.82, 2.24) is 15.0 Å². The van der Waals surface area contributed by atoms with Gasteiger partial charge in [0.05, 0.1) is 12.7 Å². The zero-order chi connectivity index (χ0) is 17.3. The number of fused-ring (bicyclic) bond motifs is 1. The van der Waals surface area contributed by atoms with Gasteiger partial charge in [-0.05, 0) is 65.4 Å². The summed E-state index contributed by atoms with van der Waals surface area (Å²) >= 11 is 2.28. The third-order valence-corrected chi connectivity index (χ3v) is 4.48. The maximum atomic E-state index is 12.5. The number of pyridine rings is 1. The molecular weight excluding hydrogens is 419 g/mol. The smallest absolute Gasteiger partial charge is 0.279 e. The van der Waals surface area contributed by atoms with E-state index >= 15 is 0 Å². The van der Waals surface area contributed by atoms with Crippen molar-refractivity contribution in [3.8, 4) is 0 Å². The van der Waals surface area contributed by atoms with E-state index in [4.69, 9.17) is 4.84 Å². The normalized spacial score (nSPS) is 10.8. The van der Waals surface area contributed by atoms with Crippen molar-refractivity contribution in [3.05, 3.63) is 51.2 Å². The summed E-state index contributed by atoms with van der Waals surface area (Å²) in [6, 6.07) is 9.79. The molecule has 1 amide bonds. The molecule has 2 N–H and O–H groups in total. The number of amides is 1. The van der Waals surface area contributed by atoms with Gasteiger partial charge in [-0.1, -0.05) is 0 Å². The zero-order valence-corrected chi connectivity index (χ0v) is 15.7. The van der Waals surface area contributed by atoms with Gasteiger partial charge in [-0.2, -0.15) is 0 Å². The van der Waals surface area contributed by atoms with Gasteiger partial charge >= 0.3 is 0 Å². The summed E-state index contributed by atoms with van der Waals surface area (Å²) in [5, 5.41) is 4.13. The highest BCUT2D eigenvalue weighted by Gasteiger charge is 2.22. The molecule has 0 radical (unpaired) electrons. The average molecular weight is 436 g/mol. The Hall–Kier alpha value is -2.13. The minimum atomic E-state index is -0.318. The van der Waals surface area contributed by atoms with Crippen molar-refractivity contribution in [1.29, 1.82) is 0 Å². The Labute approximate surface area is 153 Å². The highest BCUT2D eigenvalue weighted by molar-refractivity contribution is 14.1. The van der Waals surface area contributed by atoms with E-state index in [1.807, 2.05) is 42.8 Å². The summed E-state index contributed by atoms with van der Waals surface area (Å²) in [4.78, 5) is 21.7. The van der Waals surface area contributed by atoms with Gasteiger partial charge in [-0.25, -0.2) is 10.5 Å². The summed E-state index contributed by atoms with van der Waals surface area (Å²) < 4.78 is 3.03. The van der Waals surface area contributed by atoms with Gasteiger partial charge in [0.2, 0.25) is 0 Å². The van der Waals surface area contributed by atoms with Crippen LogP contribution < -0.4 is 10.8 Å². The fourth-order valence-electron chi connectivity index (χ4n) is 2.68. The lowest BCUT2D eigenvalue weighted by Gasteiger charge is -2.13. The number of hydrogen-bond acceptors (Lipinski definition) is 4. The SMILES string of the molecule is CONC(=O)c1c(Nc2ccc(I)cc2C)n(C)c2ncccc12. The van der Waals surface area contributed by atoms with Gasteiger partial charge in [0.15, 0.2) is 0 Å². The lowest BCUT2D eigenvalue weighted by atomic mass is 10.1. The first-order valence-corrected chi connectivity index (χ1v) is 8.40. The molecule has 3 rings (SSSR count).